The zero-order valence-electron chi connectivity index (χ0n) is 13.0. The van der Waals surface area contributed by atoms with E-state index in [1.807, 2.05) is 18.2 Å². The highest BCUT2D eigenvalue weighted by Crippen LogP contribution is 2.26. The van der Waals surface area contributed by atoms with Crippen LogP contribution in [0.2, 0.25) is 0 Å². The number of carbonyl (C=O) groups excluding carboxylic acids is 1. The Labute approximate surface area is 152 Å². The number of nitrogens with one attached hydrogen (secondary N) is 1. The van der Waals surface area contributed by atoms with Crippen molar-refractivity contribution in [2.45, 2.75) is 6.04 Å². The predicted octanol–water partition coefficient (Wildman–Crippen LogP) is 3.74. The van der Waals surface area contributed by atoms with Gasteiger partial charge in [-0.3, -0.25) is 4.79 Å². The normalized spacial score (nSPS) is 11.8. The van der Waals surface area contributed by atoms with Gasteiger partial charge in [-0.2, -0.15) is 4.73 Å². The van der Waals surface area contributed by atoms with Gasteiger partial charge in [0, 0.05) is 22.2 Å². The van der Waals surface area contributed by atoms with Gasteiger partial charge in [0.15, 0.2) is 6.20 Å². The highest BCUT2D eigenvalue weighted by atomic mass is 79.9. The Morgan fingerprint density at radius 2 is 1.80 bits per heavy atom. The summed E-state index contributed by atoms with van der Waals surface area (Å²) >= 11 is 3.23. The summed E-state index contributed by atoms with van der Waals surface area (Å²) in [6.07, 6.45) is 1.24. The van der Waals surface area contributed by atoms with Crippen LogP contribution in [0.5, 0.6) is 0 Å². The SMILES string of the molecule is O=C(N[C@H](c1ccccc1)c1ccc(Br)cc1F)c1cccc[n+]1[O-]. The van der Waals surface area contributed by atoms with Gasteiger partial charge in [0.1, 0.15) is 5.82 Å². The van der Waals surface area contributed by atoms with Crippen LogP contribution < -0.4 is 10.0 Å². The number of carbonyl (C=O) groups is 1. The van der Waals surface area contributed by atoms with Crippen molar-refractivity contribution in [2.75, 3.05) is 0 Å². The lowest BCUT2D eigenvalue weighted by atomic mass is 9.98. The van der Waals surface area contributed by atoms with E-state index in [1.165, 1.54) is 24.4 Å². The number of nitrogens with zero attached hydrogens (tertiary/aromatic N) is 1. The number of halogens is 2. The average molecular weight is 401 g/mol. The molecule has 6 heteroatoms. The van der Waals surface area contributed by atoms with Gasteiger partial charge in [-0.05, 0) is 23.8 Å². The van der Waals surface area contributed by atoms with E-state index in [9.17, 15) is 14.4 Å². The van der Waals surface area contributed by atoms with Crippen LogP contribution in [0.4, 0.5) is 4.39 Å². The van der Waals surface area contributed by atoms with E-state index in [0.29, 0.717) is 20.3 Å². The van der Waals surface area contributed by atoms with Crippen molar-refractivity contribution in [3.63, 3.8) is 0 Å². The van der Waals surface area contributed by atoms with E-state index in [0.717, 1.165) is 0 Å². The molecule has 1 heterocycles. The van der Waals surface area contributed by atoms with E-state index < -0.39 is 17.8 Å². The molecule has 0 unspecified atom stereocenters. The molecule has 0 aliphatic carbocycles. The first-order chi connectivity index (χ1) is 12.1. The zero-order valence-corrected chi connectivity index (χ0v) is 14.6. The largest absolute Gasteiger partial charge is 0.618 e. The minimum atomic E-state index is -0.720. The number of pyridine rings is 1. The summed E-state index contributed by atoms with van der Waals surface area (Å²) in [6, 6.07) is 17.5. The van der Waals surface area contributed by atoms with Crippen molar-refractivity contribution in [3.8, 4) is 0 Å². The third-order valence-electron chi connectivity index (χ3n) is 3.74. The monoisotopic (exact) mass is 400 g/mol. The molecule has 25 heavy (non-hydrogen) atoms. The summed E-state index contributed by atoms with van der Waals surface area (Å²) in [4.78, 5) is 12.5. The van der Waals surface area contributed by atoms with Gasteiger partial charge in [0.2, 0.25) is 0 Å². The molecule has 1 aromatic heterocycles. The molecule has 0 saturated heterocycles. The molecular formula is C19H14BrFN2O2. The van der Waals surface area contributed by atoms with Crippen molar-refractivity contribution in [3.05, 3.63) is 105 Å². The first-order valence-corrected chi connectivity index (χ1v) is 8.34. The van der Waals surface area contributed by atoms with Gasteiger partial charge in [-0.1, -0.05) is 52.3 Å². The van der Waals surface area contributed by atoms with E-state index in [-0.39, 0.29) is 5.69 Å². The van der Waals surface area contributed by atoms with Gasteiger partial charge < -0.3 is 10.5 Å². The van der Waals surface area contributed by atoms with Crippen molar-refractivity contribution in [1.82, 2.24) is 5.32 Å². The summed E-state index contributed by atoms with van der Waals surface area (Å²) in [5.74, 6) is -1.03. The van der Waals surface area contributed by atoms with E-state index in [1.54, 1.807) is 30.3 Å². The summed E-state index contributed by atoms with van der Waals surface area (Å²) in [7, 11) is 0. The standard InChI is InChI=1S/C19H14BrFN2O2/c20-14-9-10-15(16(21)12-14)18(13-6-2-1-3-7-13)22-19(24)17-8-4-5-11-23(17)25/h1-12,18H,(H,22,24)/t18-/m1/s1. The maximum absolute atomic E-state index is 14.5. The fraction of sp³-hybridized carbons (Fsp3) is 0.0526. The number of amides is 1. The van der Waals surface area contributed by atoms with Gasteiger partial charge in [-0.25, -0.2) is 4.39 Å². The third-order valence-corrected chi connectivity index (χ3v) is 4.23. The molecule has 0 spiro atoms. The number of rotatable bonds is 4. The van der Waals surface area contributed by atoms with Crippen LogP contribution in [-0.2, 0) is 0 Å². The molecule has 0 aliphatic rings. The number of benzene rings is 2. The van der Waals surface area contributed by atoms with Crippen LogP contribution in [0.25, 0.3) is 0 Å². The average Bonchev–Trinajstić information content (AvgIpc) is 2.61. The summed E-state index contributed by atoms with van der Waals surface area (Å²) in [6.45, 7) is 0. The minimum Gasteiger partial charge on any atom is -0.618 e. The van der Waals surface area contributed by atoms with Crippen molar-refractivity contribution < 1.29 is 13.9 Å². The molecular weight excluding hydrogens is 387 g/mol. The first-order valence-electron chi connectivity index (χ1n) is 7.55. The van der Waals surface area contributed by atoms with Crippen LogP contribution >= 0.6 is 15.9 Å². The molecule has 4 nitrogen and oxygen atoms in total. The molecule has 1 atom stereocenters. The molecule has 126 valence electrons. The maximum atomic E-state index is 14.5. The predicted molar refractivity (Wildman–Crippen MR) is 95.3 cm³/mol. The molecule has 2 aromatic carbocycles. The fourth-order valence-electron chi connectivity index (χ4n) is 2.53. The number of hydrogen-bond acceptors (Lipinski definition) is 2. The Morgan fingerprint density at radius 1 is 1.08 bits per heavy atom. The molecule has 0 bridgehead atoms. The van der Waals surface area contributed by atoms with Gasteiger partial charge in [-0.15, -0.1) is 0 Å². The number of hydrogen-bond donors (Lipinski definition) is 1. The number of aromatic nitrogens is 1. The second-order valence-corrected chi connectivity index (χ2v) is 6.31. The Bertz CT molecular complexity index is 903. The minimum absolute atomic E-state index is 0.0547. The molecule has 1 amide bonds. The summed E-state index contributed by atoms with van der Waals surface area (Å²) < 4.78 is 15.6. The molecule has 3 aromatic rings. The second kappa shape index (κ2) is 7.44. The van der Waals surface area contributed by atoms with Crippen LogP contribution in [0.3, 0.4) is 0 Å². The molecule has 0 fully saturated rings. The summed E-state index contributed by atoms with van der Waals surface area (Å²) in [5, 5.41) is 14.6. The lowest BCUT2D eigenvalue weighted by molar-refractivity contribution is -0.607. The Kier molecular flexibility index (Phi) is 5.09. The first kappa shape index (κ1) is 17.1. The van der Waals surface area contributed by atoms with Gasteiger partial charge >= 0.3 is 5.91 Å². The maximum Gasteiger partial charge on any atom is 0.318 e. The van der Waals surface area contributed by atoms with Crippen molar-refractivity contribution in [2.24, 2.45) is 0 Å². The van der Waals surface area contributed by atoms with Crippen LogP contribution in [0, 0.1) is 11.0 Å². The quantitative estimate of drug-likeness (QED) is 0.535. The third kappa shape index (κ3) is 3.85. The Hall–Kier alpha value is -2.73. The van der Waals surface area contributed by atoms with E-state index >= 15 is 0 Å². The fourth-order valence-corrected chi connectivity index (χ4v) is 2.86. The molecule has 0 radical (unpaired) electrons. The summed E-state index contributed by atoms with van der Waals surface area (Å²) in [5.41, 5.74) is 0.975. The van der Waals surface area contributed by atoms with Crippen molar-refractivity contribution in [1.29, 1.82) is 0 Å². The van der Waals surface area contributed by atoms with Crippen LogP contribution in [-0.4, -0.2) is 5.91 Å². The Balaban J connectivity index is 2.00. The second-order valence-electron chi connectivity index (χ2n) is 5.39. The molecule has 0 saturated carbocycles. The highest BCUT2D eigenvalue weighted by molar-refractivity contribution is 9.10. The highest BCUT2D eigenvalue weighted by Gasteiger charge is 2.24. The van der Waals surface area contributed by atoms with E-state index in [4.69, 9.17) is 0 Å². The smallest absolute Gasteiger partial charge is 0.318 e. The van der Waals surface area contributed by atoms with Crippen LogP contribution in [0.1, 0.15) is 27.7 Å². The molecule has 0 aliphatic heterocycles. The Morgan fingerprint density at radius 3 is 2.48 bits per heavy atom. The molecule has 3 rings (SSSR count). The van der Waals surface area contributed by atoms with Gasteiger partial charge in [0.25, 0.3) is 5.69 Å². The van der Waals surface area contributed by atoms with Gasteiger partial charge in [0.05, 0.1) is 6.04 Å². The lowest BCUT2D eigenvalue weighted by Gasteiger charge is -2.20. The van der Waals surface area contributed by atoms with Crippen molar-refractivity contribution >= 4 is 21.8 Å². The lowest BCUT2D eigenvalue weighted by Crippen LogP contribution is -2.40. The molecule has 1 N–H and O–H groups in total. The van der Waals surface area contributed by atoms with E-state index in [2.05, 4.69) is 21.2 Å². The van der Waals surface area contributed by atoms with Crippen LogP contribution in [0.15, 0.2) is 77.4 Å². The topological polar surface area (TPSA) is 56.0 Å². The zero-order chi connectivity index (χ0) is 17.8.